The molecule has 1 unspecified atom stereocenters. The van der Waals surface area contributed by atoms with Crippen LogP contribution in [0.1, 0.15) is 22.7 Å². The molecule has 2 nitrogen and oxygen atoms in total. The molecule has 0 saturated heterocycles. The van der Waals surface area contributed by atoms with E-state index in [0.29, 0.717) is 11.4 Å². The van der Waals surface area contributed by atoms with Crippen molar-refractivity contribution in [2.75, 3.05) is 6.61 Å². The first kappa shape index (κ1) is 13.4. The zero-order valence-electron chi connectivity index (χ0n) is 10.9. The third-order valence-corrected chi connectivity index (χ3v) is 3.96. The van der Waals surface area contributed by atoms with E-state index in [9.17, 15) is 4.39 Å². The smallest absolute Gasteiger partial charge is 0.123 e. The Morgan fingerprint density at radius 2 is 2.10 bits per heavy atom. The van der Waals surface area contributed by atoms with E-state index in [4.69, 9.17) is 22.1 Å². The van der Waals surface area contributed by atoms with E-state index in [1.54, 1.807) is 6.07 Å². The lowest BCUT2D eigenvalue weighted by Crippen LogP contribution is -2.14. The molecule has 0 spiro atoms. The monoisotopic (exact) mass is 291 g/mol. The summed E-state index contributed by atoms with van der Waals surface area (Å²) in [6.07, 6.45) is 1.42. The maximum absolute atomic E-state index is 13.3. The molecule has 0 fully saturated rings. The van der Waals surface area contributed by atoms with Crippen molar-refractivity contribution in [1.82, 2.24) is 0 Å². The molecule has 0 bridgehead atoms. The molecule has 1 atom stereocenters. The van der Waals surface area contributed by atoms with Crippen LogP contribution in [0, 0.1) is 5.82 Å². The van der Waals surface area contributed by atoms with Gasteiger partial charge in [-0.15, -0.1) is 0 Å². The zero-order valence-corrected chi connectivity index (χ0v) is 11.7. The standard InChI is InChI=1S/C16H15ClFNO/c17-14-3-2-13(18)8-12(14)9-15(19)10-1-4-16-11(7-10)5-6-20-16/h1-4,7-8,15H,5-6,9,19H2. The number of halogens is 2. The number of hydrogen-bond donors (Lipinski definition) is 1. The molecule has 3 rings (SSSR count). The summed E-state index contributed by atoms with van der Waals surface area (Å²) in [6.45, 7) is 0.726. The van der Waals surface area contributed by atoms with Crippen LogP contribution in [0.15, 0.2) is 36.4 Å². The van der Waals surface area contributed by atoms with Gasteiger partial charge in [-0.1, -0.05) is 23.7 Å². The predicted molar refractivity (Wildman–Crippen MR) is 77.7 cm³/mol. The van der Waals surface area contributed by atoms with Crippen LogP contribution in [-0.2, 0) is 12.8 Å². The molecule has 1 aliphatic heterocycles. The lowest BCUT2D eigenvalue weighted by molar-refractivity contribution is 0.357. The van der Waals surface area contributed by atoms with Gasteiger partial charge >= 0.3 is 0 Å². The Balaban J connectivity index is 1.82. The van der Waals surface area contributed by atoms with E-state index >= 15 is 0 Å². The topological polar surface area (TPSA) is 35.2 Å². The minimum atomic E-state index is -0.293. The van der Waals surface area contributed by atoms with Gasteiger partial charge < -0.3 is 10.5 Å². The lowest BCUT2D eigenvalue weighted by atomic mass is 9.97. The van der Waals surface area contributed by atoms with E-state index in [1.807, 2.05) is 12.1 Å². The van der Waals surface area contributed by atoms with Gasteiger partial charge in [0.25, 0.3) is 0 Å². The van der Waals surface area contributed by atoms with E-state index < -0.39 is 0 Å². The van der Waals surface area contributed by atoms with Crippen molar-refractivity contribution in [3.05, 3.63) is 63.9 Å². The van der Waals surface area contributed by atoms with Crippen molar-refractivity contribution in [3.8, 4) is 5.75 Å². The summed E-state index contributed by atoms with van der Waals surface area (Å²) < 4.78 is 18.7. The third-order valence-electron chi connectivity index (χ3n) is 3.59. The second-order valence-corrected chi connectivity index (χ2v) is 5.42. The Morgan fingerprint density at radius 1 is 1.25 bits per heavy atom. The van der Waals surface area contributed by atoms with Gasteiger partial charge in [0.1, 0.15) is 11.6 Å². The molecular formula is C16H15ClFNO. The fourth-order valence-corrected chi connectivity index (χ4v) is 2.69. The number of hydrogen-bond acceptors (Lipinski definition) is 2. The molecule has 0 amide bonds. The molecule has 2 aromatic rings. The van der Waals surface area contributed by atoms with Gasteiger partial charge in [0.15, 0.2) is 0 Å². The van der Waals surface area contributed by atoms with Crippen molar-refractivity contribution in [1.29, 1.82) is 0 Å². The molecule has 2 N–H and O–H groups in total. The molecule has 0 aliphatic carbocycles. The molecule has 104 valence electrons. The molecular weight excluding hydrogens is 277 g/mol. The molecule has 20 heavy (non-hydrogen) atoms. The van der Waals surface area contributed by atoms with Gasteiger partial charge in [-0.25, -0.2) is 4.39 Å². The van der Waals surface area contributed by atoms with Gasteiger partial charge in [-0.3, -0.25) is 0 Å². The van der Waals surface area contributed by atoms with Crippen molar-refractivity contribution in [2.45, 2.75) is 18.9 Å². The molecule has 0 aromatic heterocycles. The summed E-state index contributed by atoms with van der Waals surface area (Å²) in [7, 11) is 0. The summed E-state index contributed by atoms with van der Waals surface area (Å²) in [5, 5.41) is 0.548. The minimum Gasteiger partial charge on any atom is -0.493 e. The van der Waals surface area contributed by atoms with Crippen LogP contribution >= 0.6 is 11.6 Å². The fraction of sp³-hybridized carbons (Fsp3) is 0.250. The first-order chi connectivity index (χ1) is 9.63. The summed E-state index contributed by atoms with van der Waals surface area (Å²) >= 11 is 6.08. The average Bonchev–Trinajstić information content (AvgIpc) is 2.90. The van der Waals surface area contributed by atoms with Gasteiger partial charge in [-0.05, 0) is 47.4 Å². The van der Waals surface area contributed by atoms with Crippen LogP contribution in [-0.4, -0.2) is 6.61 Å². The van der Waals surface area contributed by atoms with Gasteiger partial charge in [0, 0.05) is 17.5 Å². The molecule has 4 heteroatoms. The minimum absolute atomic E-state index is 0.208. The number of benzene rings is 2. The second-order valence-electron chi connectivity index (χ2n) is 5.01. The number of nitrogens with two attached hydrogens (primary N) is 1. The highest BCUT2D eigenvalue weighted by molar-refractivity contribution is 6.31. The zero-order chi connectivity index (χ0) is 14.1. The van der Waals surface area contributed by atoms with Crippen LogP contribution < -0.4 is 10.5 Å². The van der Waals surface area contributed by atoms with E-state index in [1.165, 1.54) is 17.7 Å². The summed E-state index contributed by atoms with van der Waals surface area (Å²) in [6, 6.07) is 10.1. The van der Waals surface area contributed by atoms with Crippen LogP contribution in [0.25, 0.3) is 0 Å². The van der Waals surface area contributed by atoms with Gasteiger partial charge in [0.05, 0.1) is 6.61 Å². The summed E-state index contributed by atoms with van der Waals surface area (Å²) in [4.78, 5) is 0. The van der Waals surface area contributed by atoms with Crippen LogP contribution in [0.2, 0.25) is 5.02 Å². The maximum atomic E-state index is 13.3. The van der Waals surface area contributed by atoms with Crippen molar-refractivity contribution >= 4 is 11.6 Å². The highest BCUT2D eigenvalue weighted by Gasteiger charge is 2.16. The summed E-state index contributed by atoms with van der Waals surface area (Å²) in [5.41, 5.74) is 9.16. The molecule has 0 saturated carbocycles. The van der Waals surface area contributed by atoms with Crippen LogP contribution in [0.4, 0.5) is 4.39 Å². The normalized spacial score (nSPS) is 14.8. The third kappa shape index (κ3) is 2.65. The quantitative estimate of drug-likeness (QED) is 0.937. The first-order valence-corrected chi connectivity index (χ1v) is 6.96. The Morgan fingerprint density at radius 3 is 2.95 bits per heavy atom. The highest BCUT2D eigenvalue weighted by Crippen LogP contribution is 2.29. The maximum Gasteiger partial charge on any atom is 0.123 e. The average molecular weight is 292 g/mol. The Kier molecular flexibility index (Phi) is 3.64. The molecule has 1 heterocycles. The van der Waals surface area contributed by atoms with Crippen molar-refractivity contribution in [3.63, 3.8) is 0 Å². The Labute approximate surface area is 122 Å². The number of fused-ring (bicyclic) bond motifs is 1. The Hall–Kier alpha value is -1.58. The van der Waals surface area contributed by atoms with E-state index in [0.717, 1.165) is 29.9 Å². The molecule has 2 aromatic carbocycles. The Bertz CT molecular complexity index is 644. The second kappa shape index (κ2) is 5.43. The van der Waals surface area contributed by atoms with Crippen LogP contribution in [0.3, 0.4) is 0 Å². The van der Waals surface area contributed by atoms with Gasteiger partial charge in [0.2, 0.25) is 0 Å². The van der Waals surface area contributed by atoms with Crippen LogP contribution in [0.5, 0.6) is 5.75 Å². The lowest BCUT2D eigenvalue weighted by Gasteiger charge is -2.14. The van der Waals surface area contributed by atoms with Crippen molar-refractivity contribution in [2.24, 2.45) is 5.73 Å². The molecule has 1 aliphatic rings. The molecule has 0 radical (unpaired) electrons. The first-order valence-electron chi connectivity index (χ1n) is 6.58. The van der Waals surface area contributed by atoms with E-state index in [2.05, 4.69) is 6.07 Å². The number of ether oxygens (including phenoxy) is 1. The van der Waals surface area contributed by atoms with Crippen molar-refractivity contribution < 1.29 is 9.13 Å². The summed E-state index contributed by atoms with van der Waals surface area (Å²) in [5.74, 6) is 0.642. The SMILES string of the molecule is NC(Cc1cc(F)ccc1Cl)c1ccc2c(c1)CCO2. The fourth-order valence-electron chi connectivity index (χ4n) is 2.49. The van der Waals surface area contributed by atoms with Gasteiger partial charge in [-0.2, -0.15) is 0 Å². The number of rotatable bonds is 3. The largest absolute Gasteiger partial charge is 0.493 e. The highest BCUT2D eigenvalue weighted by atomic mass is 35.5. The predicted octanol–water partition coefficient (Wildman–Crippen LogP) is 3.66. The van der Waals surface area contributed by atoms with E-state index in [-0.39, 0.29) is 11.9 Å².